The van der Waals surface area contributed by atoms with Gasteiger partial charge in [-0.2, -0.15) is 0 Å². The van der Waals surface area contributed by atoms with Gasteiger partial charge in [-0.25, -0.2) is 0 Å². The monoisotopic (exact) mass is 392 g/mol. The summed E-state index contributed by atoms with van der Waals surface area (Å²) in [6, 6.07) is 16.8. The minimum Gasteiger partial charge on any atom is -0.484 e. The maximum absolute atomic E-state index is 12.7. The summed E-state index contributed by atoms with van der Waals surface area (Å²) in [4.78, 5) is 17.3. The van der Waals surface area contributed by atoms with Crippen LogP contribution >= 0.6 is 0 Å². The Bertz CT molecular complexity index is 841. The highest BCUT2D eigenvalue weighted by Crippen LogP contribution is 2.40. The van der Waals surface area contributed by atoms with Crippen molar-refractivity contribution in [2.45, 2.75) is 39.7 Å². The van der Waals surface area contributed by atoms with Gasteiger partial charge < -0.3 is 9.64 Å². The first-order chi connectivity index (χ1) is 14.0. The lowest BCUT2D eigenvalue weighted by atomic mass is 9.77. The van der Waals surface area contributed by atoms with Crippen LogP contribution in [0.25, 0.3) is 0 Å². The molecule has 0 N–H and O–H groups in total. The molecule has 2 fully saturated rings. The summed E-state index contributed by atoms with van der Waals surface area (Å²) in [6.07, 6.45) is 3.49. The molecule has 2 aliphatic heterocycles. The molecule has 29 heavy (non-hydrogen) atoms. The van der Waals surface area contributed by atoms with E-state index in [4.69, 9.17) is 4.74 Å². The average molecular weight is 393 g/mol. The Morgan fingerprint density at radius 2 is 1.72 bits per heavy atom. The minimum absolute atomic E-state index is 0.119. The van der Waals surface area contributed by atoms with Crippen molar-refractivity contribution in [3.8, 4) is 5.75 Å². The highest BCUT2D eigenvalue weighted by molar-refractivity contribution is 5.78. The quantitative estimate of drug-likeness (QED) is 0.765. The molecular weight excluding hydrogens is 360 g/mol. The number of rotatable bonds is 5. The Labute approximate surface area is 174 Å². The number of nitrogens with zero attached hydrogens (tertiary/aromatic N) is 2. The van der Waals surface area contributed by atoms with Gasteiger partial charge in [-0.3, -0.25) is 9.69 Å². The highest BCUT2D eigenvalue weighted by atomic mass is 16.5. The molecule has 0 atom stereocenters. The maximum Gasteiger partial charge on any atom is 0.260 e. The molecule has 4 nitrogen and oxygen atoms in total. The predicted octanol–water partition coefficient (Wildman–Crippen LogP) is 4.20. The van der Waals surface area contributed by atoms with Crippen LogP contribution in [0.5, 0.6) is 5.75 Å². The van der Waals surface area contributed by atoms with Gasteiger partial charge in [0.1, 0.15) is 5.75 Å². The number of aryl methyl sites for hydroxylation is 2. The fourth-order valence-corrected chi connectivity index (χ4v) is 4.78. The normalized spacial score (nSPS) is 18.9. The first-order valence-electron chi connectivity index (χ1n) is 10.8. The molecule has 2 aromatic carbocycles. The van der Waals surface area contributed by atoms with Crippen LogP contribution in [-0.2, 0) is 11.3 Å². The van der Waals surface area contributed by atoms with Crippen molar-refractivity contribution in [1.29, 1.82) is 0 Å². The number of hydrogen-bond acceptors (Lipinski definition) is 3. The molecular formula is C25H32N2O2. The van der Waals surface area contributed by atoms with E-state index in [9.17, 15) is 4.79 Å². The lowest BCUT2D eigenvalue weighted by molar-refractivity contribution is -0.132. The van der Waals surface area contributed by atoms with E-state index in [2.05, 4.69) is 48.2 Å². The van der Waals surface area contributed by atoms with E-state index in [0.29, 0.717) is 5.41 Å². The second kappa shape index (κ2) is 8.58. The molecule has 1 amide bonds. The maximum atomic E-state index is 12.7. The summed E-state index contributed by atoms with van der Waals surface area (Å²) in [7, 11) is 0. The van der Waals surface area contributed by atoms with Crippen LogP contribution in [0.4, 0.5) is 0 Å². The zero-order valence-corrected chi connectivity index (χ0v) is 17.7. The van der Waals surface area contributed by atoms with Crippen LogP contribution in [0.1, 0.15) is 36.0 Å². The molecule has 4 heteroatoms. The number of carbonyl (C=O) groups excluding carboxylic acids is 1. The molecule has 2 aliphatic rings. The van der Waals surface area contributed by atoms with E-state index in [1.807, 2.05) is 24.0 Å². The van der Waals surface area contributed by atoms with Crippen LogP contribution < -0.4 is 4.74 Å². The van der Waals surface area contributed by atoms with Gasteiger partial charge >= 0.3 is 0 Å². The van der Waals surface area contributed by atoms with Crippen molar-refractivity contribution in [2.24, 2.45) is 5.41 Å². The number of ether oxygens (including phenoxy) is 1. The lowest BCUT2D eigenvalue weighted by Crippen LogP contribution is -2.42. The lowest BCUT2D eigenvalue weighted by Gasteiger charge is -2.39. The average Bonchev–Trinajstić information content (AvgIpc) is 3.14. The molecule has 0 radical (unpaired) electrons. The summed E-state index contributed by atoms with van der Waals surface area (Å²) >= 11 is 0. The van der Waals surface area contributed by atoms with Gasteiger partial charge in [-0.1, -0.05) is 48.0 Å². The number of carbonyl (C=O) groups is 1. The van der Waals surface area contributed by atoms with Crippen LogP contribution in [0, 0.1) is 19.3 Å². The van der Waals surface area contributed by atoms with Gasteiger partial charge in [0.15, 0.2) is 6.61 Å². The highest BCUT2D eigenvalue weighted by Gasteiger charge is 2.41. The fraction of sp³-hybridized carbons (Fsp3) is 0.480. The van der Waals surface area contributed by atoms with Gasteiger partial charge in [-0.05, 0) is 68.8 Å². The van der Waals surface area contributed by atoms with Crippen molar-refractivity contribution in [2.75, 3.05) is 32.8 Å². The molecule has 0 unspecified atom stereocenters. The first-order valence-corrected chi connectivity index (χ1v) is 10.8. The van der Waals surface area contributed by atoms with Crippen molar-refractivity contribution < 1.29 is 9.53 Å². The topological polar surface area (TPSA) is 32.8 Å². The third-order valence-corrected chi connectivity index (χ3v) is 6.64. The second-order valence-electron chi connectivity index (χ2n) is 8.88. The third-order valence-electron chi connectivity index (χ3n) is 6.64. The smallest absolute Gasteiger partial charge is 0.260 e. The molecule has 0 aromatic heterocycles. The molecule has 1 spiro atoms. The Balaban J connectivity index is 1.26. The zero-order valence-electron chi connectivity index (χ0n) is 17.7. The van der Waals surface area contributed by atoms with Gasteiger partial charge in [0.2, 0.25) is 0 Å². The number of benzene rings is 2. The molecule has 2 saturated heterocycles. The van der Waals surface area contributed by atoms with Crippen molar-refractivity contribution >= 4 is 5.91 Å². The van der Waals surface area contributed by atoms with E-state index in [0.717, 1.165) is 50.5 Å². The van der Waals surface area contributed by atoms with Crippen molar-refractivity contribution in [3.63, 3.8) is 0 Å². The number of hydrogen-bond donors (Lipinski definition) is 0. The Kier molecular flexibility index (Phi) is 5.91. The van der Waals surface area contributed by atoms with Gasteiger partial charge in [0.05, 0.1) is 0 Å². The Hall–Kier alpha value is -2.33. The Morgan fingerprint density at radius 3 is 2.45 bits per heavy atom. The third kappa shape index (κ3) is 4.81. The summed E-state index contributed by atoms with van der Waals surface area (Å²) in [5, 5.41) is 0. The summed E-state index contributed by atoms with van der Waals surface area (Å²) in [6.45, 7) is 9.27. The predicted molar refractivity (Wildman–Crippen MR) is 116 cm³/mol. The molecule has 4 rings (SSSR count). The van der Waals surface area contributed by atoms with E-state index in [-0.39, 0.29) is 12.5 Å². The fourth-order valence-electron chi connectivity index (χ4n) is 4.78. The van der Waals surface area contributed by atoms with Crippen molar-refractivity contribution in [1.82, 2.24) is 9.80 Å². The van der Waals surface area contributed by atoms with E-state index in [1.165, 1.54) is 24.0 Å². The SMILES string of the molecule is Cc1ccc(OCC(=O)N2CCC3(CCN(Cc4ccccc4)CC3)C2)c(C)c1. The minimum atomic E-state index is 0.119. The van der Waals surface area contributed by atoms with E-state index in [1.54, 1.807) is 0 Å². The molecule has 2 aromatic rings. The summed E-state index contributed by atoms with van der Waals surface area (Å²) < 4.78 is 5.83. The van der Waals surface area contributed by atoms with Crippen LogP contribution in [0.3, 0.4) is 0 Å². The van der Waals surface area contributed by atoms with E-state index >= 15 is 0 Å². The number of amides is 1. The second-order valence-corrected chi connectivity index (χ2v) is 8.88. The standard InChI is InChI=1S/C25H32N2O2/c1-20-8-9-23(21(2)16-20)29-18-24(28)27-15-12-25(19-27)10-13-26(14-11-25)17-22-6-4-3-5-7-22/h3-9,16H,10-15,17-19H2,1-2H3. The van der Waals surface area contributed by atoms with Crippen LogP contribution in [-0.4, -0.2) is 48.5 Å². The zero-order chi connectivity index (χ0) is 20.3. The summed E-state index contributed by atoms with van der Waals surface area (Å²) in [5.41, 5.74) is 3.99. The summed E-state index contributed by atoms with van der Waals surface area (Å²) in [5.74, 6) is 0.931. The molecule has 0 aliphatic carbocycles. The number of likely N-dealkylation sites (tertiary alicyclic amines) is 2. The Morgan fingerprint density at radius 1 is 1.00 bits per heavy atom. The molecule has 154 valence electrons. The molecule has 2 heterocycles. The van der Waals surface area contributed by atoms with Gasteiger partial charge in [0.25, 0.3) is 5.91 Å². The largest absolute Gasteiger partial charge is 0.484 e. The van der Waals surface area contributed by atoms with Crippen LogP contribution in [0.2, 0.25) is 0 Å². The first kappa shape index (κ1) is 20.0. The van der Waals surface area contributed by atoms with Gasteiger partial charge in [-0.15, -0.1) is 0 Å². The van der Waals surface area contributed by atoms with Gasteiger partial charge in [0, 0.05) is 19.6 Å². The number of piperidine rings is 1. The van der Waals surface area contributed by atoms with E-state index < -0.39 is 0 Å². The molecule has 0 bridgehead atoms. The molecule has 0 saturated carbocycles. The van der Waals surface area contributed by atoms with Crippen LogP contribution in [0.15, 0.2) is 48.5 Å². The van der Waals surface area contributed by atoms with Crippen molar-refractivity contribution in [3.05, 3.63) is 65.2 Å².